The van der Waals surface area contributed by atoms with Crippen LogP contribution in [0.25, 0.3) is 0 Å². The number of unbranched alkanes of at least 4 members (excludes halogenated alkanes) is 12. The van der Waals surface area contributed by atoms with Crippen molar-refractivity contribution in [1.82, 2.24) is 0 Å². The Hall–Kier alpha value is -0.177. The fraction of sp³-hybridized carbons (Fsp3) is 0.900. The molecule has 147 valence electrons. The van der Waals surface area contributed by atoms with Gasteiger partial charge in [0.15, 0.2) is 0 Å². The Morgan fingerprint density at radius 1 is 0.520 bits per heavy atom. The van der Waals surface area contributed by atoms with Gasteiger partial charge in [-0.05, 0) is 25.7 Å². The molecular weight excluding hydrogens is 513 g/mol. The molecule has 0 aliphatic heterocycles. The Morgan fingerprint density at radius 2 is 0.760 bits per heavy atom. The van der Waals surface area contributed by atoms with Gasteiger partial charge in [0.25, 0.3) is 0 Å². The maximum atomic E-state index is 10.0. The first kappa shape index (κ1) is 29.6. The van der Waals surface area contributed by atoms with E-state index in [0.29, 0.717) is 0 Å². The topological polar surface area (TPSA) is 80.3 Å². The third-order valence-electron chi connectivity index (χ3n) is 3.97. The van der Waals surface area contributed by atoms with E-state index in [1.165, 1.54) is 64.2 Å². The van der Waals surface area contributed by atoms with Gasteiger partial charge < -0.3 is 19.8 Å². The quantitative estimate of drug-likeness (QED) is 0.218. The summed E-state index contributed by atoms with van der Waals surface area (Å²) in [5.74, 6) is -1.83. The van der Waals surface area contributed by atoms with Gasteiger partial charge in [-0.3, -0.25) is 0 Å². The smallest absolute Gasteiger partial charge is 0.550 e. The third-order valence-corrected chi connectivity index (χ3v) is 3.97. The van der Waals surface area contributed by atoms with Crippen molar-refractivity contribution in [3.63, 3.8) is 0 Å². The van der Waals surface area contributed by atoms with Crippen LogP contribution in [0.1, 0.15) is 117 Å². The zero-order valence-electron chi connectivity index (χ0n) is 16.4. The summed E-state index contributed by atoms with van der Waals surface area (Å²) >= 11 is 0. The van der Waals surface area contributed by atoms with Crippen LogP contribution in [0.3, 0.4) is 0 Å². The summed E-state index contributed by atoms with van der Waals surface area (Å²) in [6.07, 6.45) is 16.7. The number of carboxylic acid groups (broad SMARTS) is 2. The first-order valence-electron chi connectivity index (χ1n) is 9.94. The summed E-state index contributed by atoms with van der Waals surface area (Å²) in [7, 11) is 0. The van der Waals surface area contributed by atoms with Crippen LogP contribution < -0.4 is 10.2 Å². The Balaban J connectivity index is -0.000000372. The van der Waals surface area contributed by atoms with Gasteiger partial charge in [0.1, 0.15) is 0 Å². The Bertz CT molecular complexity index is 255. The number of rotatable bonds is 16. The molecule has 0 N–H and O–H groups in total. The molecule has 0 amide bonds. The number of hydrogen-bond donors (Lipinski definition) is 0. The predicted molar refractivity (Wildman–Crippen MR) is 101 cm³/mol. The van der Waals surface area contributed by atoms with Crippen LogP contribution in [0.15, 0.2) is 0 Å². The van der Waals surface area contributed by atoms with Crippen LogP contribution >= 0.6 is 0 Å². The molecule has 0 atom stereocenters. The van der Waals surface area contributed by atoms with E-state index >= 15 is 0 Å². The number of aliphatic carboxylic acids is 2. The molecule has 0 rings (SSSR count). The summed E-state index contributed by atoms with van der Waals surface area (Å²) in [5.41, 5.74) is 0. The second-order valence-electron chi connectivity index (χ2n) is 6.49. The number of carbonyl (C=O) groups excluding carboxylic acids is 2. The van der Waals surface area contributed by atoms with Gasteiger partial charge in [-0.15, -0.1) is 0 Å². The van der Waals surface area contributed by atoms with Crippen molar-refractivity contribution in [3.8, 4) is 0 Å². The Kier molecular flexibility index (Phi) is 30.8. The van der Waals surface area contributed by atoms with E-state index in [-0.39, 0.29) is 39.0 Å². The fourth-order valence-corrected chi connectivity index (χ4v) is 2.45. The average molecular weight is 552 g/mol. The maximum absolute atomic E-state index is 10.0. The molecule has 0 aromatic heterocycles. The van der Waals surface area contributed by atoms with Crippen molar-refractivity contribution >= 4 is 38.1 Å². The van der Waals surface area contributed by atoms with E-state index < -0.39 is 11.9 Å². The molecule has 3 radical (unpaired) electrons. The summed E-state index contributed by atoms with van der Waals surface area (Å²) in [5, 5.41) is 20.0. The molecule has 0 heterocycles. The van der Waals surface area contributed by atoms with E-state index in [2.05, 4.69) is 13.8 Å². The molecule has 0 spiro atoms. The molecule has 0 fully saturated rings. The minimum Gasteiger partial charge on any atom is -0.550 e. The van der Waals surface area contributed by atoms with Gasteiger partial charge in [0, 0.05) is 11.9 Å². The minimum absolute atomic E-state index is 0. The summed E-state index contributed by atoms with van der Waals surface area (Å²) in [4.78, 5) is 20.0. The van der Waals surface area contributed by atoms with E-state index in [1.807, 2.05) is 0 Å². The van der Waals surface area contributed by atoms with Crippen LogP contribution in [0, 0.1) is 0 Å². The predicted octanol–water partition coefficient (Wildman–Crippen LogP) is 3.37. The number of carbonyl (C=O) groups is 2. The van der Waals surface area contributed by atoms with Crippen LogP contribution in [0.5, 0.6) is 0 Å². The molecule has 0 bridgehead atoms. The SMILES string of the molecule is CCCCCCCCCC(=O)[O-].CCCCCCCCCC(=O)[O-].[Bi+2]. The van der Waals surface area contributed by atoms with Crippen LogP contribution in [-0.2, 0) is 9.59 Å². The molecule has 0 aliphatic rings. The Morgan fingerprint density at radius 3 is 1.00 bits per heavy atom. The van der Waals surface area contributed by atoms with Gasteiger partial charge >= 0.3 is 26.2 Å². The van der Waals surface area contributed by atoms with E-state index in [1.54, 1.807) is 0 Å². The van der Waals surface area contributed by atoms with Crippen LogP contribution in [0.2, 0.25) is 0 Å². The average Bonchev–Trinajstić information content (AvgIpc) is 2.53. The monoisotopic (exact) mass is 551 g/mol. The van der Waals surface area contributed by atoms with Gasteiger partial charge in [-0.1, -0.05) is 90.9 Å². The van der Waals surface area contributed by atoms with Gasteiger partial charge in [0.2, 0.25) is 0 Å². The Labute approximate surface area is 174 Å². The maximum Gasteiger partial charge on any atom is 2.00 e. The van der Waals surface area contributed by atoms with Crippen molar-refractivity contribution in [1.29, 1.82) is 0 Å². The van der Waals surface area contributed by atoms with Gasteiger partial charge in [-0.25, -0.2) is 0 Å². The molecule has 25 heavy (non-hydrogen) atoms. The van der Waals surface area contributed by atoms with E-state index in [0.717, 1.165) is 25.7 Å². The van der Waals surface area contributed by atoms with Crippen molar-refractivity contribution in [2.45, 2.75) is 117 Å². The third kappa shape index (κ3) is 35.7. The first-order valence-corrected chi connectivity index (χ1v) is 9.94. The van der Waals surface area contributed by atoms with E-state index in [4.69, 9.17) is 0 Å². The standard InChI is InChI=1S/2C10H20O2.Bi/c2*1-2-3-4-5-6-7-8-9-10(11)12;/h2*2-9H2,1H3,(H,11,12);/q;;+2/p-2. The molecule has 4 nitrogen and oxygen atoms in total. The van der Waals surface area contributed by atoms with Crippen molar-refractivity contribution in [2.24, 2.45) is 0 Å². The largest absolute Gasteiger partial charge is 2.00 e. The van der Waals surface area contributed by atoms with E-state index in [9.17, 15) is 19.8 Å². The molecule has 0 aromatic rings. The molecule has 0 unspecified atom stereocenters. The van der Waals surface area contributed by atoms with Crippen molar-refractivity contribution in [2.75, 3.05) is 0 Å². The number of carboxylic acids is 2. The summed E-state index contributed by atoms with van der Waals surface area (Å²) in [6.45, 7) is 4.38. The zero-order chi connectivity index (χ0) is 18.5. The molecule has 0 aliphatic carbocycles. The molecule has 0 saturated carbocycles. The summed E-state index contributed by atoms with van der Waals surface area (Å²) in [6, 6.07) is 0. The van der Waals surface area contributed by atoms with Gasteiger partial charge in [-0.2, -0.15) is 0 Å². The van der Waals surface area contributed by atoms with Crippen molar-refractivity contribution in [3.05, 3.63) is 0 Å². The second kappa shape index (κ2) is 26.1. The second-order valence-corrected chi connectivity index (χ2v) is 6.49. The normalized spacial score (nSPS) is 9.68. The molecule has 0 saturated heterocycles. The molecule has 5 heteroatoms. The van der Waals surface area contributed by atoms with Crippen LogP contribution in [0.4, 0.5) is 0 Å². The summed E-state index contributed by atoms with van der Waals surface area (Å²) < 4.78 is 0. The zero-order valence-corrected chi connectivity index (χ0v) is 19.9. The van der Waals surface area contributed by atoms with Gasteiger partial charge in [0.05, 0.1) is 0 Å². The molecule has 0 aromatic carbocycles. The van der Waals surface area contributed by atoms with Crippen LogP contribution in [-0.4, -0.2) is 38.1 Å². The molecular formula is C20H38BiO4. The van der Waals surface area contributed by atoms with Crippen molar-refractivity contribution < 1.29 is 19.8 Å². The fourth-order valence-electron chi connectivity index (χ4n) is 2.45. The first-order chi connectivity index (χ1) is 11.5. The number of hydrogen-bond acceptors (Lipinski definition) is 4. The minimum atomic E-state index is -0.913.